The Morgan fingerprint density at radius 2 is 1.82 bits per heavy atom. The second-order valence-corrected chi connectivity index (χ2v) is 11.9. The van der Waals surface area contributed by atoms with E-state index in [0.717, 1.165) is 38.4 Å². The van der Waals surface area contributed by atoms with E-state index >= 15 is 0 Å². The molecule has 1 unspecified atom stereocenters. The molecule has 0 amide bonds. The quantitative estimate of drug-likeness (QED) is 0.245. The lowest BCUT2D eigenvalue weighted by molar-refractivity contribution is -0.144. The molecule has 2 aliphatic rings. The molecule has 7 nitrogen and oxygen atoms in total. The SMILES string of the molecule is COc1cc(OC(=O)c2ccncc2)ccc1-c1ccc2c(c1COC(=O)C1CC=C(C)S1)C(C)=CC(C)(C)N2. The molecule has 0 saturated heterocycles. The Bertz CT molecular complexity index is 1530. The predicted molar refractivity (Wildman–Crippen MR) is 159 cm³/mol. The average molecular weight is 557 g/mol. The normalized spacial score (nSPS) is 17.2. The fourth-order valence-electron chi connectivity index (χ4n) is 5.19. The largest absolute Gasteiger partial charge is 0.496 e. The molecular weight excluding hydrogens is 524 g/mol. The van der Waals surface area contributed by atoms with Gasteiger partial charge in [0.25, 0.3) is 0 Å². The number of methoxy groups -OCH3 is 1. The van der Waals surface area contributed by atoms with Crippen molar-refractivity contribution in [3.8, 4) is 22.6 Å². The van der Waals surface area contributed by atoms with Gasteiger partial charge in [-0.2, -0.15) is 0 Å². The van der Waals surface area contributed by atoms with Crippen LogP contribution in [0.15, 0.2) is 71.9 Å². The Morgan fingerprint density at radius 3 is 2.52 bits per heavy atom. The summed E-state index contributed by atoms with van der Waals surface area (Å²) in [5, 5.41) is 3.36. The summed E-state index contributed by atoms with van der Waals surface area (Å²) >= 11 is 1.55. The number of hydrogen-bond donors (Lipinski definition) is 1. The molecule has 206 valence electrons. The van der Waals surface area contributed by atoms with Crippen LogP contribution in [0, 0.1) is 0 Å². The van der Waals surface area contributed by atoms with Gasteiger partial charge in [0, 0.05) is 40.8 Å². The first-order valence-electron chi connectivity index (χ1n) is 13.1. The number of aromatic nitrogens is 1. The molecule has 1 N–H and O–H groups in total. The van der Waals surface area contributed by atoms with Gasteiger partial charge in [-0.15, -0.1) is 11.8 Å². The number of fused-ring (bicyclic) bond motifs is 1. The van der Waals surface area contributed by atoms with Gasteiger partial charge in [0.05, 0.1) is 18.2 Å². The topological polar surface area (TPSA) is 86.8 Å². The van der Waals surface area contributed by atoms with Crippen molar-refractivity contribution in [3.63, 3.8) is 0 Å². The number of carbonyl (C=O) groups excluding carboxylic acids is 2. The fourth-order valence-corrected chi connectivity index (χ4v) is 6.18. The van der Waals surface area contributed by atoms with E-state index < -0.39 is 5.97 Å². The molecule has 3 aromatic rings. The van der Waals surface area contributed by atoms with Crippen LogP contribution < -0.4 is 14.8 Å². The molecule has 8 heteroatoms. The zero-order chi connectivity index (χ0) is 28.4. The van der Waals surface area contributed by atoms with Gasteiger partial charge >= 0.3 is 11.9 Å². The third-order valence-corrected chi connectivity index (χ3v) is 8.11. The summed E-state index contributed by atoms with van der Waals surface area (Å²) in [5.41, 5.74) is 5.83. The van der Waals surface area contributed by atoms with Crippen molar-refractivity contribution in [1.29, 1.82) is 0 Å². The summed E-state index contributed by atoms with van der Waals surface area (Å²) in [6.45, 7) is 8.44. The van der Waals surface area contributed by atoms with Gasteiger partial charge in [-0.1, -0.05) is 18.2 Å². The molecule has 1 aromatic heterocycles. The number of rotatable bonds is 7. The van der Waals surface area contributed by atoms with Crippen molar-refractivity contribution in [3.05, 3.63) is 88.6 Å². The lowest BCUT2D eigenvalue weighted by Crippen LogP contribution is -2.32. The van der Waals surface area contributed by atoms with Crippen LogP contribution in [0.3, 0.4) is 0 Å². The first-order chi connectivity index (χ1) is 19.1. The second kappa shape index (κ2) is 11.2. The number of ether oxygens (including phenoxy) is 3. The van der Waals surface area contributed by atoms with Crippen LogP contribution >= 0.6 is 11.8 Å². The van der Waals surface area contributed by atoms with Crippen molar-refractivity contribution in [2.24, 2.45) is 0 Å². The number of thioether (sulfide) groups is 1. The van der Waals surface area contributed by atoms with Crippen molar-refractivity contribution in [1.82, 2.24) is 4.98 Å². The highest BCUT2D eigenvalue weighted by Gasteiger charge is 2.29. The van der Waals surface area contributed by atoms with Crippen molar-refractivity contribution in [2.75, 3.05) is 12.4 Å². The molecule has 2 aliphatic heterocycles. The number of nitrogens with zero attached hydrogens (tertiary/aromatic N) is 1. The molecule has 3 heterocycles. The van der Waals surface area contributed by atoms with Crippen LogP contribution in [-0.2, 0) is 16.1 Å². The summed E-state index contributed by atoms with van der Waals surface area (Å²) in [5.74, 6) is 0.179. The lowest BCUT2D eigenvalue weighted by Gasteiger charge is -2.33. The first-order valence-corrected chi connectivity index (χ1v) is 14.0. The van der Waals surface area contributed by atoms with Crippen LogP contribution in [0.1, 0.15) is 55.6 Å². The van der Waals surface area contributed by atoms with Crippen molar-refractivity contribution >= 4 is 35.0 Å². The summed E-state index contributed by atoms with van der Waals surface area (Å²) in [6.07, 6.45) is 8.01. The molecule has 0 fully saturated rings. The highest BCUT2D eigenvalue weighted by molar-refractivity contribution is 8.04. The minimum absolute atomic E-state index is 0.114. The summed E-state index contributed by atoms with van der Waals surface area (Å²) in [4.78, 5) is 30.6. The van der Waals surface area contributed by atoms with E-state index in [2.05, 4.69) is 43.2 Å². The predicted octanol–water partition coefficient (Wildman–Crippen LogP) is 7.04. The number of esters is 2. The van der Waals surface area contributed by atoms with Crippen LogP contribution in [0.25, 0.3) is 16.7 Å². The number of anilines is 1. The summed E-state index contributed by atoms with van der Waals surface area (Å²) in [7, 11) is 1.58. The number of pyridine rings is 1. The van der Waals surface area contributed by atoms with Crippen molar-refractivity contribution < 1.29 is 23.8 Å². The molecule has 5 rings (SSSR count). The van der Waals surface area contributed by atoms with Crippen LogP contribution in [0.4, 0.5) is 5.69 Å². The van der Waals surface area contributed by atoms with Gasteiger partial charge in [0.15, 0.2) is 0 Å². The Labute approximate surface area is 238 Å². The number of allylic oxidation sites excluding steroid dienone is 3. The molecule has 0 aliphatic carbocycles. The number of nitrogens with one attached hydrogen (secondary N) is 1. The molecule has 40 heavy (non-hydrogen) atoms. The van der Waals surface area contributed by atoms with E-state index in [4.69, 9.17) is 14.2 Å². The van der Waals surface area contributed by atoms with E-state index in [-0.39, 0.29) is 23.4 Å². The Morgan fingerprint density at radius 1 is 1.07 bits per heavy atom. The highest BCUT2D eigenvalue weighted by Crippen LogP contribution is 2.43. The van der Waals surface area contributed by atoms with E-state index in [9.17, 15) is 9.59 Å². The Balaban J connectivity index is 1.51. The molecule has 0 spiro atoms. The molecule has 2 aromatic carbocycles. The lowest BCUT2D eigenvalue weighted by atomic mass is 9.85. The average Bonchev–Trinajstić information content (AvgIpc) is 3.37. The molecule has 0 radical (unpaired) electrons. The van der Waals surface area contributed by atoms with Crippen LogP contribution in [0.2, 0.25) is 0 Å². The molecular formula is C32H32N2O5S. The summed E-state index contributed by atoms with van der Waals surface area (Å²) in [6, 6.07) is 12.5. The van der Waals surface area contributed by atoms with Gasteiger partial charge in [0.1, 0.15) is 23.4 Å². The van der Waals surface area contributed by atoms with Gasteiger partial charge in [-0.25, -0.2) is 4.79 Å². The molecule has 0 bridgehead atoms. The first kappa shape index (κ1) is 27.5. The van der Waals surface area contributed by atoms with Crippen molar-refractivity contribution in [2.45, 2.75) is 51.5 Å². The van der Waals surface area contributed by atoms with E-state index in [1.807, 2.05) is 25.1 Å². The monoisotopic (exact) mass is 556 g/mol. The maximum Gasteiger partial charge on any atom is 0.343 e. The van der Waals surface area contributed by atoms with Gasteiger partial charge in [-0.3, -0.25) is 9.78 Å². The van der Waals surface area contributed by atoms with E-state index in [0.29, 0.717) is 23.5 Å². The highest BCUT2D eigenvalue weighted by atomic mass is 32.2. The third-order valence-electron chi connectivity index (χ3n) is 6.90. The molecule has 0 saturated carbocycles. The smallest absolute Gasteiger partial charge is 0.343 e. The van der Waals surface area contributed by atoms with E-state index in [1.165, 1.54) is 0 Å². The maximum atomic E-state index is 13.0. The van der Waals surface area contributed by atoms with Crippen LogP contribution in [0.5, 0.6) is 11.5 Å². The Hall–Kier alpha value is -4.04. The Kier molecular flexibility index (Phi) is 7.72. The fraction of sp³-hybridized carbons (Fsp3) is 0.281. The van der Waals surface area contributed by atoms with Crippen LogP contribution in [-0.4, -0.2) is 34.8 Å². The number of hydrogen-bond acceptors (Lipinski definition) is 8. The summed E-state index contributed by atoms with van der Waals surface area (Å²) < 4.78 is 17.3. The zero-order valence-electron chi connectivity index (χ0n) is 23.2. The number of benzene rings is 2. The second-order valence-electron chi connectivity index (χ2n) is 10.4. The van der Waals surface area contributed by atoms with E-state index in [1.54, 1.807) is 55.5 Å². The number of carbonyl (C=O) groups is 2. The minimum atomic E-state index is -0.484. The zero-order valence-corrected chi connectivity index (χ0v) is 24.1. The maximum absolute atomic E-state index is 13.0. The van der Waals surface area contributed by atoms with Gasteiger partial charge < -0.3 is 19.5 Å². The van der Waals surface area contributed by atoms with Gasteiger partial charge in [-0.05, 0) is 80.5 Å². The molecule has 1 atom stereocenters. The third kappa shape index (κ3) is 5.77. The standard InChI is InChI=1S/C32H32N2O5S/c1-19-17-32(3,4)34-26-10-9-23(25(29(19)26)18-38-31(36)28-11-6-20(2)40-28)24-8-7-22(16-27(24)37-5)39-30(35)21-12-14-33-15-13-21/h6-10,12-17,28,34H,11,18H2,1-5H3. The van der Waals surface area contributed by atoms with Gasteiger partial charge in [0.2, 0.25) is 0 Å². The minimum Gasteiger partial charge on any atom is -0.496 e.